The molecule has 1 saturated heterocycles. The van der Waals surface area contributed by atoms with Crippen molar-refractivity contribution in [1.82, 2.24) is 4.90 Å². The third-order valence-corrected chi connectivity index (χ3v) is 3.55. The molecule has 1 aliphatic heterocycles. The number of carboxylic acid groups (broad SMARTS) is 1. The van der Waals surface area contributed by atoms with Crippen LogP contribution in [0.15, 0.2) is 24.3 Å². The third kappa shape index (κ3) is 4.20. The van der Waals surface area contributed by atoms with Crippen LogP contribution in [0.25, 0.3) is 0 Å². The van der Waals surface area contributed by atoms with E-state index < -0.39 is 5.97 Å². The average Bonchev–Trinajstić information content (AvgIpc) is 2.44. The van der Waals surface area contributed by atoms with Gasteiger partial charge in [0.25, 0.3) is 0 Å². The number of rotatable bonds is 6. The standard InChI is InChI=1S/C15H20FNO3/c16-12-5-3-6-13(11-12)20-10-4-9-17-8-2-1-7-14(17)15(18)19/h3,5-6,11,14H,1-2,4,7-10H2,(H,18,19). The van der Waals surface area contributed by atoms with Crippen LogP contribution >= 0.6 is 0 Å². The predicted octanol–water partition coefficient (Wildman–Crippen LogP) is 2.53. The number of carbonyl (C=O) groups is 1. The van der Waals surface area contributed by atoms with E-state index in [4.69, 9.17) is 9.84 Å². The molecule has 1 aliphatic rings. The Morgan fingerprint density at radius 2 is 2.30 bits per heavy atom. The van der Waals surface area contributed by atoms with Crippen molar-refractivity contribution in [2.75, 3.05) is 19.7 Å². The summed E-state index contributed by atoms with van der Waals surface area (Å²) in [5, 5.41) is 9.16. The zero-order chi connectivity index (χ0) is 14.4. The number of aliphatic carboxylic acids is 1. The summed E-state index contributed by atoms with van der Waals surface area (Å²) in [5.41, 5.74) is 0. The minimum atomic E-state index is -0.740. The Bertz CT molecular complexity index is 452. The topological polar surface area (TPSA) is 49.8 Å². The minimum Gasteiger partial charge on any atom is -0.493 e. The Balaban J connectivity index is 1.73. The van der Waals surface area contributed by atoms with Crippen molar-refractivity contribution in [3.05, 3.63) is 30.1 Å². The number of nitrogens with zero attached hydrogens (tertiary/aromatic N) is 1. The molecule has 4 nitrogen and oxygen atoms in total. The molecule has 2 rings (SSSR count). The molecular weight excluding hydrogens is 261 g/mol. The molecule has 1 aromatic rings. The van der Waals surface area contributed by atoms with Crippen molar-refractivity contribution in [2.24, 2.45) is 0 Å². The molecule has 1 unspecified atom stereocenters. The van der Waals surface area contributed by atoms with Crippen molar-refractivity contribution in [1.29, 1.82) is 0 Å². The second kappa shape index (κ2) is 7.24. The van der Waals surface area contributed by atoms with Crippen molar-refractivity contribution < 1.29 is 19.0 Å². The first kappa shape index (κ1) is 14.8. The van der Waals surface area contributed by atoms with Gasteiger partial charge in [-0.25, -0.2) is 4.39 Å². The summed E-state index contributed by atoms with van der Waals surface area (Å²) in [5.74, 6) is -0.543. The number of benzene rings is 1. The fourth-order valence-electron chi connectivity index (χ4n) is 2.55. The van der Waals surface area contributed by atoms with Crippen LogP contribution in [0.4, 0.5) is 4.39 Å². The fourth-order valence-corrected chi connectivity index (χ4v) is 2.55. The van der Waals surface area contributed by atoms with E-state index >= 15 is 0 Å². The van der Waals surface area contributed by atoms with Gasteiger partial charge >= 0.3 is 5.97 Å². The molecule has 0 amide bonds. The Labute approximate surface area is 118 Å². The van der Waals surface area contributed by atoms with E-state index in [1.54, 1.807) is 12.1 Å². The van der Waals surface area contributed by atoms with Crippen molar-refractivity contribution >= 4 is 5.97 Å². The molecule has 110 valence electrons. The number of likely N-dealkylation sites (tertiary alicyclic amines) is 1. The van der Waals surface area contributed by atoms with Gasteiger partial charge in [0.1, 0.15) is 17.6 Å². The zero-order valence-corrected chi connectivity index (χ0v) is 11.4. The van der Waals surface area contributed by atoms with Crippen LogP contribution in [0.2, 0.25) is 0 Å². The second-order valence-electron chi connectivity index (χ2n) is 5.05. The lowest BCUT2D eigenvalue weighted by Crippen LogP contribution is -2.45. The highest BCUT2D eigenvalue weighted by Crippen LogP contribution is 2.18. The SMILES string of the molecule is O=C(O)C1CCCCN1CCCOc1cccc(F)c1. The molecule has 1 N–H and O–H groups in total. The molecule has 1 atom stereocenters. The quantitative estimate of drug-likeness (QED) is 0.814. The number of carboxylic acids is 1. The highest BCUT2D eigenvalue weighted by atomic mass is 19.1. The molecule has 0 aromatic heterocycles. The van der Waals surface area contributed by atoms with E-state index in [1.165, 1.54) is 12.1 Å². The van der Waals surface area contributed by atoms with Gasteiger partial charge in [-0.3, -0.25) is 9.69 Å². The molecular formula is C15H20FNO3. The fraction of sp³-hybridized carbons (Fsp3) is 0.533. The van der Waals surface area contributed by atoms with Gasteiger partial charge in [-0.2, -0.15) is 0 Å². The van der Waals surface area contributed by atoms with Crippen molar-refractivity contribution in [3.63, 3.8) is 0 Å². The van der Waals surface area contributed by atoms with Gasteiger partial charge in [0, 0.05) is 12.6 Å². The van der Waals surface area contributed by atoms with Gasteiger partial charge in [-0.05, 0) is 37.9 Å². The Morgan fingerprint density at radius 3 is 3.05 bits per heavy atom. The maximum atomic E-state index is 13.0. The molecule has 0 aliphatic carbocycles. The number of hydrogen-bond acceptors (Lipinski definition) is 3. The lowest BCUT2D eigenvalue weighted by atomic mass is 10.0. The molecule has 1 heterocycles. The molecule has 0 radical (unpaired) electrons. The normalized spacial score (nSPS) is 19.8. The molecule has 20 heavy (non-hydrogen) atoms. The maximum absolute atomic E-state index is 13.0. The van der Waals surface area contributed by atoms with Gasteiger partial charge in [0.05, 0.1) is 6.61 Å². The maximum Gasteiger partial charge on any atom is 0.320 e. The van der Waals surface area contributed by atoms with E-state index in [0.29, 0.717) is 18.9 Å². The second-order valence-corrected chi connectivity index (χ2v) is 5.05. The Morgan fingerprint density at radius 1 is 1.45 bits per heavy atom. The van der Waals surface area contributed by atoms with Gasteiger partial charge in [0.2, 0.25) is 0 Å². The van der Waals surface area contributed by atoms with E-state index in [-0.39, 0.29) is 11.9 Å². The molecule has 5 heteroatoms. The number of hydrogen-bond donors (Lipinski definition) is 1. The summed E-state index contributed by atoms with van der Waals surface area (Å²) in [6.07, 6.45) is 3.49. The summed E-state index contributed by atoms with van der Waals surface area (Å²) in [6.45, 7) is 2.00. The molecule has 1 fully saturated rings. The van der Waals surface area contributed by atoms with E-state index in [0.717, 1.165) is 32.2 Å². The Kier molecular flexibility index (Phi) is 5.35. The molecule has 0 spiro atoms. The smallest absolute Gasteiger partial charge is 0.320 e. The summed E-state index contributed by atoms with van der Waals surface area (Å²) in [4.78, 5) is 13.1. The third-order valence-electron chi connectivity index (χ3n) is 3.55. The number of ether oxygens (including phenoxy) is 1. The monoisotopic (exact) mass is 281 g/mol. The van der Waals surface area contributed by atoms with Crippen LogP contribution in [-0.2, 0) is 4.79 Å². The Hall–Kier alpha value is -1.62. The highest BCUT2D eigenvalue weighted by Gasteiger charge is 2.27. The highest BCUT2D eigenvalue weighted by molar-refractivity contribution is 5.73. The summed E-state index contributed by atoms with van der Waals surface area (Å²) in [7, 11) is 0. The van der Waals surface area contributed by atoms with Gasteiger partial charge in [-0.15, -0.1) is 0 Å². The summed E-state index contributed by atoms with van der Waals surface area (Å²) < 4.78 is 18.4. The van der Waals surface area contributed by atoms with Crippen LogP contribution in [0, 0.1) is 5.82 Å². The lowest BCUT2D eigenvalue weighted by molar-refractivity contribution is -0.144. The van der Waals surface area contributed by atoms with Crippen LogP contribution in [0.5, 0.6) is 5.75 Å². The van der Waals surface area contributed by atoms with Crippen LogP contribution in [-0.4, -0.2) is 41.7 Å². The summed E-state index contributed by atoms with van der Waals surface area (Å²) in [6, 6.07) is 5.68. The first-order valence-electron chi connectivity index (χ1n) is 7.02. The van der Waals surface area contributed by atoms with Gasteiger partial charge in [-0.1, -0.05) is 12.5 Å². The first-order chi connectivity index (χ1) is 9.66. The number of halogens is 1. The van der Waals surface area contributed by atoms with Crippen LogP contribution < -0.4 is 4.74 Å². The molecule has 1 aromatic carbocycles. The lowest BCUT2D eigenvalue weighted by Gasteiger charge is -2.32. The van der Waals surface area contributed by atoms with Gasteiger partial charge < -0.3 is 9.84 Å². The zero-order valence-electron chi connectivity index (χ0n) is 11.4. The van der Waals surface area contributed by atoms with Crippen molar-refractivity contribution in [3.8, 4) is 5.75 Å². The largest absolute Gasteiger partial charge is 0.493 e. The number of piperidine rings is 1. The van der Waals surface area contributed by atoms with Gasteiger partial charge in [0.15, 0.2) is 0 Å². The average molecular weight is 281 g/mol. The van der Waals surface area contributed by atoms with Crippen LogP contribution in [0.1, 0.15) is 25.7 Å². The molecule has 0 bridgehead atoms. The summed E-state index contributed by atoms with van der Waals surface area (Å²) >= 11 is 0. The minimum absolute atomic E-state index is 0.315. The van der Waals surface area contributed by atoms with Crippen molar-refractivity contribution in [2.45, 2.75) is 31.7 Å². The predicted molar refractivity (Wildman–Crippen MR) is 73.4 cm³/mol. The van der Waals surface area contributed by atoms with Crippen LogP contribution in [0.3, 0.4) is 0 Å². The van der Waals surface area contributed by atoms with E-state index in [9.17, 15) is 9.18 Å². The molecule has 0 saturated carbocycles. The van der Waals surface area contributed by atoms with E-state index in [1.807, 2.05) is 4.90 Å². The first-order valence-corrected chi connectivity index (χ1v) is 7.02. The van der Waals surface area contributed by atoms with E-state index in [2.05, 4.69) is 0 Å².